The molecule has 2 heterocycles. The van der Waals surface area contributed by atoms with Gasteiger partial charge in [-0.15, -0.1) is 0 Å². The summed E-state index contributed by atoms with van der Waals surface area (Å²) < 4.78 is 50.9. The molecule has 1 aliphatic heterocycles. The van der Waals surface area contributed by atoms with Crippen molar-refractivity contribution in [3.63, 3.8) is 0 Å². The van der Waals surface area contributed by atoms with Crippen LogP contribution >= 0.6 is 34.4 Å². The van der Waals surface area contributed by atoms with Crippen molar-refractivity contribution >= 4 is 63.2 Å². The van der Waals surface area contributed by atoms with Crippen molar-refractivity contribution in [2.45, 2.75) is 6.18 Å². The number of furan rings is 1. The largest absolute Gasteiger partial charge is 0.495 e. The van der Waals surface area contributed by atoms with E-state index in [2.05, 4.69) is 27.9 Å². The molecule has 0 aliphatic carbocycles. The number of thioether (sulfide) groups is 1. The number of imide groups is 1. The minimum Gasteiger partial charge on any atom is -0.495 e. The molecule has 1 saturated heterocycles. The summed E-state index contributed by atoms with van der Waals surface area (Å²) in [6, 6.07) is 13.6. The summed E-state index contributed by atoms with van der Waals surface area (Å²) in [7, 11) is 1.23. The molecule has 0 unspecified atom stereocenters. The van der Waals surface area contributed by atoms with Crippen LogP contribution in [0.3, 0.4) is 0 Å². The lowest BCUT2D eigenvalue weighted by Crippen LogP contribution is -2.36. The van der Waals surface area contributed by atoms with Gasteiger partial charge in [0, 0.05) is 15.2 Å². The number of anilines is 1. The Morgan fingerprint density at radius 2 is 1.86 bits per heavy atom. The summed E-state index contributed by atoms with van der Waals surface area (Å²) in [5.41, 5.74) is -0.390. The standard InChI is InChI=1S/C24H16F3IN2O5S/c1-34-19-8-4-14(24(25,26)27)10-17(19)29-21(31)12-30-22(32)20(36-23(30)33)11-16-7-9-18(35-16)13-2-5-15(28)6-3-13/h2-11H,12H2,1H3,(H,29,31)/b20-11-. The van der Waals surface area contributed by atoms with Gasteiger partial charge < -0.3 is 14.5 Å². The number of carbonyl (C=O) groups excluding carboxylic acids is 3. The van der Waals surface area contributed by atoms with Crippen molar-refractivity contribution in [2.75, 3.05) is 19.0 Å². The third kappa shape index (κ3) is 5.75. The minimum atomic E-state index is -4.63. The first-order valence-corrected chi connectivity index (χ1v) is 12.1. The van der Waals surface area contributed by atoms with Crippen LogP contribution in [0.5, 0.6) is 5.75 Å². The van der Waals surface area contributed by atoms with Gasteiger partial charge in [-0.2, -0.15) is 13.2 Å². The molecule has 0 saturated carbocycles. The molecule has 36 heavy (non-hydrogen) atoms. The fourth-order valence-electron chi connectivity index (χ4n) is 3.28. The smallest absolute Gasteiger partial charge is 0.416 e. The molecule has 1 fully saturated rings. The first-order chi connectivity index (χ1) is 17.0. The molecule has 0 bridgehead atoms. The van der Waals surface area contributed by atoms with Gasteiger partial charge in [-0.25, -0.2) is 0 Å². The number of hydrogen-bond acceptors (Lipinski definition) is 6. The number of nitrogens with zero attached hydrogens (tertiary/aromatic N) is 1. The highest BCUT2D eigenvalue weighted by atomic mass is 127. The Bertz CT molecular complexity index is 1370. The fraction of sp³-hybridized carbons (Fsp3) is 0.125. The van der Waals surface area contributed by atoms with E-state index in [0.29, 0.717) is 34.2 Å². The van der Waals surface area contributed by atoms with E-state index in [9.17, 15) is 27.6 Å². The molecule has 1 N–H and O–H groups in total. The van der Waals surface area contributed by atoms with Crippen LogP contribution in [0.4, 0.5) is 23.7 Å². The predicted molar refractivity (Wildman–Crippen MR) is 136 cm³/mol. The zero-order valence-electron chi connectivity index (χ0n) is 18.4. The average molecular weight is 628 g/mol. The van der Waals surface area contributed by atoms with Gasteiger partial charge >= 0.3 is 6.18 Å². The van der Waals surface area contributed by atoms with Crippen LogP contribution in [0.15, 0.2) is 63.9 Å². The molecule has 2 aromatic carbocycles. The Labute approximate surface area is 220 Å². The van der Waals surface area contributed by atoms with Gasteiger partial charge in [0.1, 0.15) is 23.8 Å². The zero-order chi connectivity index (χ0) is 26.0. The van der Waals surface area contributed by atoms with Gasteiger partial charge in [0.05, 0.1) is 23.3 Å². The molecule has 3 amide bonds. The number of ether oxygens (including phenoxy) is 1. The molecule has 1 aromatic heterocycles. The third-order valence-electron chi connectivity index (χ3n) is 5.01. The second-order valence-corrected chi connectivity index (χ2v) is 9.68. The maximum absolute atomic E-state index is 13.0. The number of carbonyl (C=O) groups is 3. The Balaban J connectivity index is 1.46. The number of alkyl halides is 3. The third-order valence-corrected chi connectivity index (χ3v) is 6.63. The number of benzene rings is 2. The average Bonchev–Trinajstić information content (AvgIpc) is 3.39. The molecular formula is C24H16F3IN2O5S. The Morgan fingerprint density at radius 1 is 1.14 bits per heavy atom. The molecule has 12 heteroatoms. The Hall–Kier alpha value is -3.26. The summed E-state index contributed by atoms with van der Waals surface area (Å²) >= 11 is 2.81. The van der Waals surface area contributed by atoms with Crippen molar-refractivity contribution in [1.82, 2.24) is 4.90 Å². The summed E-state index contributed by atoms with van der Waals surface area (Å²) in [5, 5.41) is 1.58. The minimum absolute atomic E-state index is 0.00728. The maximum Gasteiger partial charge on any atom is 0.416 e. The lowest BCUT2D eigenvalue weighted by molar-refractivity contribution is -0.137. The highest BCUT2D eigenvalue weighted by Gasteiger charge is 2.37. The first-order valence-electron chi connectivity index (χ1n) is 10.2. The summed E-state index contributed by atoms with van der Waals surface area (Å²) in [6.07, 6.45) is -3.23. The van der Waals surface area contributed by atoms with Crippen molar-refractivity contribution in [2.24, 2.45) is 0 Å². The first kappa shape index (κ1) is 25.8. The Morgan fingerprint density at radius 3 is 2.53 bits per heavy atom. The van der Waals surface area contributed by atoms with Crippen LogP contribution in [-0.4, -0.2) is 35.6 Å². The van der Waals surface area contributed by atoms with Gasteiger partial charge in [0.2, 0.25) is 5.91 Å². The van der Waals surface area contributed by atoms with Crippen LogP contribution < -0.4 is 10.1 Å². The van der Waals surface area contributed by atoms with Crippen LogP contribution in [-0.2, 0) is 15.8 Å². The summed E-state index contributed by atoms with van der Waals surface area (Å²) in [5.74, 6) is -0.677. The van der Waals surface area contributed by atoms with Gasteiger partial charge in [-0.05, 0) is 76.8 Å². The molecule has 1 aliphatic rings. The molecule has 3 aromatic rings. The SMILES string of the molecule is COc1ccc(C(F)(F)F)cc1NC(=O)CN1C(=O)S/C(=C\c2ccc(-c3ccc(I)cc3)o2)C1=O. The number of rotatable bonds is 6. The van der Waals surface area contributed by atoms with Crippen molar-refractivity contribution in [3.05, 3.63) is 74.4 Å². The monoisotopic (exact) mass is 628 g/mol. The molecule has 186 valence electrons. The van der Waals surface area contributed by atoms with Gasteiger partial charge in [-0.3, -0.25) is 19.3 Å². The Kier molecular flexibility index (Phi) is 7.45. The van der Waals surface area contributed by atoms with E-state index in [1.165, 1.54) is 13.2 Å². The number of amides is 3. The topological polar surface area (TPSA) is 88.8 Å². The second kappa shape index (κ2) is 10.4. The lowest BCUT2D eigenvalue weighted by atomic mass is 10.1. The van der Waals surface area contributed by atoms with E-state index >= 15 is 0 Å². The summed E-state index contributed by atoms with van der Waals surface area (Å²) in [6.45, 7) is -0.687. The fourth-order valence-corrected chi connectivity index (χ4v) is 4.46. The number of halogens is 4. The highest BCUT2D eigenvalue weighted by molar-refractivity contribution is 14.1. The predicted octanol–water partition coefficient (Wildman–Crippen LogP) is 6.25. The van der Waals surface area contributed by atoms with Crippen molar-refractivity contribution < 1.29 is 36.7 Å². The van der Waals surface area contributed by atoms with Crippen molar-refractivity contribution in [3.8, 4) is 17.1 Å². The molecule has 0 atom stereocenters. The number of hydrogen-bond donors (Lipinski definition) is 1. The zero-order valence-corrected chi connectivity index (χ0v) is 21.4. The van der Waals surface area contributed by atoms with Crippen LogP contribution in [0.1, 0.15) is 11.3 Å². The van der Waals surface area contributed by atoms with E-state index in [1.807, 2.05) is 24.3 Å². The highest BCUT2D eigenvalue weighted by Crippen LogP contribution is 2.36. The lowest BCUT2D eigenvalue weighted by Gasteiger charge is -2.16. The van der Waals surface area contributed by atoms with Gasteiger partial charge in [0.25, 0.3) is 11.1 Å². The van der Waals surface area contributed by atoms with E-state index < -0.39 is 35.3 Å². The van der Waals surface area contributed by atoms with Gasteiger partial charge in [0.15, 0.2) is 0 Å². The van der Waals surface area contributed by atoms with Gasteiger partial charge in [-0.1, -0.05) is 12.1 Å². The van der Waals surface area contributed by atoms with E-state index in [-0.39, 0.29) is 16.3 Å². The van der Waals surface area contributed by atoms with Crippen molar-refractivity contribution in [1.29, 1.82) is 0 Å². The molecule has 7 nitrogen and oxygen atoms in total. The van der Waals surface area contributed by atoms with E-state index in [4.69, 9.17) is 9.15 Å². The van der Waals surface area contributed by atoms with E-state index in [0.717, 1.165) is 21.3 Å². The molecule has 0 spiro atoms. The molecule has 0 radical (unpaired) electrons. The molecular weight excluding hydrogens is 612 g/mol. The van der Waals surface area contributed by atoms with Crippen LogP contribution in [0.2, 0.25) is 0 Å². The summed E-state index contributed by atoms with van der Waals surface area (Å²) in [4.78, 5) is 38.4. The van der Waals surface area contributed by atoms with E-state index in [1.54, 1.807) is 12.1 Å². The number of methoxy groups -OCH3 is 1. The maximum atomic E-state index is 13.0. The van der Waals surface area contributed by atoms with Crippen LogP contribution in [0.25, 0.3) is 17.4 Å². The second-order valence-electron chi connectivity index (χ2n) is 7.44. The molecule has 4 rings (SSSR count). The normalized spacial score (nSPS) is 15.0. The number of nitrogens with one attached hydrogen (secondary N) is 1. The van der Waals surface area contributed by atoms with Crippen LogP contribution in [0, 0.1) is 3.57 Å². The quantitative estimate of drug-likeness (QED) is 0.257.